The van der Waals surface area contributed by atoms with Crippen LogP contribution in [0.25, 0.3) is 16.8 Å². The lowest BCUT2D eigenvalue weighted by Gasteiger charge is -2.10. The Morgan fingerprint density at radius 1 is 1.06 bits per heavy atom. The smallest absolute Gasteiger partial charge is 0.277 e. The van der Waals surface area contributed by atoms with Crippen LogP contribution in [0.1, 0.15) is 11.1 Å². The van der Waals surface area contributed by atoms with Gasteiger partial charge in [-0.25, -0.2) is 4.52 Å². The summed E-state index contributed by atoms with van der Waals surface area (Å²) in [5.41, 5.74) is 4.36. The highest BCUT2D eigenvalue weighted by Crippen LogP contribution is 2.35. The molecular formula is C23H20N4O4. The van der Waals surface area contributed by atoms with Gasteiger partial charge in [0, 0.05) is 23.6 Å². The molecule has 1 N–H and O–H groups in total. The first kappa shape index (κ1) is 18.9. The number of anilines is 1. The van der Waals surface area contributed by atoms with Gasteiger partial charge in [-0.2, -0.15) is 5.10 Å². The minimum absolute atomic E-state index is 0.0901. The molecule has 0 saturated heterocycles. The molecular weight excluding hydrogens is 396 g/mol. The molecule has 0 unspecified atom stereocenters. The van der Waals surface area contributed by atoms with Crippen molar-refractivity contribution in [3.63, 3.8) is 0 Å². The summed E-state index contributed by atoms with van der Waals surface area (Å²) in [4.78, 5) is 25.5. The lowest BCUT2D eigenvalue weighted by Crippen LogP contribution is -2.28. The number of aryl methyl sites for hydroxylation is 2. The second-order valence-electron chi connectivity index (χ2n) is 7.53. The standard InChI is InChI=1S/C23H20N4O4/c1-14-3-5-17(15(2)9-14)24-22(28)12-26-7-8-27-19(23(26)29)11-18(25-27)16-4-6-20-21(10-16)31-13-30-20/h3-11H,12-13H2,1-2H3,(H,24,28). The monoisotopic (exact) mass is 416 g/mol. The topological polar surface area (TPSA) is 86.9 Å². The summed E-state index contributed by atoms with van der Waals surface area (Å²) in [7, 11) is 0. The van der Waals surface area contributed by atoms with Crippen molar-refractivity contribution >= 4 is 17.1 Å². The van der Waals surface area contributed by atoms with Gasteiger partial charge in [0.2, 0.25) is 12.7 Å². The summed E-state index contributed by atoms with van der Waals surface area (Å²) in [6, 6.07) is 13.0. The van der Waals surface area contributed by atoms with Gasteiger partial charge in [-0.3, -0.25) is 9.59 Å². The third kappa shape index (κ3) is 3.52. The maximum atomic E-state index is 12.9. The van der Waals surface area contributed by atoms with Crippen molar-refractivity contribution < 1.29 is 14.3 Å². The fourth-order valence-electron chi connectivity index (χ4n) is 3.65. The second-order valence-corrected chi connectivity index (χ2v) is 7.53. The number of benzene rings is 2. The van der Waals surface area contributed by atoms with Gasteiger partial charge in [0.25, 0.3) is 5.56 Å². The molecule has 0 fully saturated rings. The van der Waals surface area contributed by atoms with Crippen LogP contribution >= 0.6 is 0 Å². The number of rotatable bonds is 4. The lowest BCUT2D eigenvalue weighted by atomic mass is 10.1. The Labute approximate surface area is 177 Å². The van der Waals surface area contributed by atoms with Crippen LogP contribution in [0.3, 0.4) is 0 Å². The van der Waals surface area contributed by atoms with Gasteiger partial charge >= 0.3 is 0 Å². The maximum Gasteiger partial charge on any atom is 0.277 e. The van der Waals surface area contributed by atoms with Crippen molar-refractivity contribution in [2.24, 2.45) is 0 Å². The number of amides is 1. The van der Waals surface area contributed by atoms with Crippen molar-refractivity contribution in [2.75, 3.05) is 12.1 Å². The molecule has 8 heteroatoms. The Morgan fingerprint density at radius 3 is 2.74 bits per heavy atom. The van der Waals surface area contributed by atoms with E-state index >= 15 is 0 Å². The molecule has 0 radical (unpaired) electrons. The molecule has 1 amide bonds. The highest BCUT2D eigenvalue weighted by atomic mass is 16.7. The number of nitrogens with one attached hydrogen (secondary N) is 1. The maximum absolute atomic E-state index is 12.9. The van der Waals surface area contributed by atoms with Crippen LogP contribution in [0.5, 0.6) is 11.5 Å². The molecule has 1 aliphatic heterocycles. The van der Waals surface area contributed by atoms with E-state index in [1.165, 1.54) is 9.08 Å². The van der Waals surface area contributed by atoms with Crippen LogP contribution in [0.4, 0.5) is 5.69 Å². The molecule has 2 aromatic carbocycles. The predicted octanol–water partition coefficient (Wildman–Crippen LogP) is 3.15. The molecule has 3 heterocycles. The zero-order chi connectivity index (χ0) is 21.5. The Bertz CT molecular complexity index is 1390. The van der Waals surface area contributed by atoms with E-state index in [0.717, 1.165) is 22.4 Å². The fraction of sp³-hybridized carbons (Fsp3) is 0.174. The number of ether oxygens (including phenoxy) is 2. The number of hydrogen-bond acceptors (Lipinski definition) is 5. The van der Waals surface area contributed by atoms with E-state index in [9.17, 15) is 9.59 Å². The molecule has 156 valence electrons. The first-order chi connectivity index (χ1) is 15.0. The van der Waals surface area contributed by atoms with E-state index < -0.39 is 0 Å². The van der Waals surface area contributed by atoms with Gasteiger partial charge in [-0.1, -0.05) is 17.7 Å². The van der Waals surface area contributed by atoms with E-state index in [-0.39, 0.29) is 24.8 Å². The normalized spacial score (nSPS) is 12.3. The minimum atomic E-state index is -0.294. The molecule has 0 bridgehead atoms. The van der Waals surface area contributed by atoms with E-state index in [0.29, 0.717) is 22.7 Å². The molecule has 5 rings (SSSR count). The number of carbonyl (C=O) groups excluding carboxylic acids is 1. The summed E-state index contributed by atoms with van der Waals surface area (Å²) in [5, 5.41) is 7.35. The Hall–Kier alpha value is -4.07. The zero-order valence-electron chi connectivity index (χ0n) is 17.1. The number of aromatic nitrogens is 3. The van der Waals surface area contributed by atoms with Gasteiger partial charge in [0.15, 0.2) is 11.5 Å². The molecule has 4 aromatic rings. The molecule has 1 aliphatic rings. The van der Waals surface area contributed by atoms with E-state index in [1.54, 1.807) is 18.5 Å². The van der Waals surface area contributed by atoms with Crippen LogP contribution in [0.15, 0.2) is 59.7 Å². The molecule has 8 nitrogen and oxygen atoms in total. The van der Waals surface area contributed by atoms with Crippen molar-refractivity contribution in [3.8, 4) is 22.8 Å². The minimum Gasteiger partial charge on any atom is -0.454 e. The quantitative estimate of drug-likeness (QED) is 0.552. The van der Waals surface area contributed by atoms with E-state index in [4.69, 9.17) is 9.47 Å². The van der Waals surface area contributed by atoms with Gasteiger partial charge in [0.1, 0.15) is 12.1 Å². The molecule has 31 heavy (non-hydrogen) atoms. The summed E-state index contributed by atoms with van der Waals surface area (Å²) >= 11 is 0. The van der Waals surface area contributed by atoms with Crippen molar-refractivity contribution in [3.05, 3.63) is 76.3 Å². The zero-order valence-corrected chi connectivity index (χ0v) is 17.1. The van der Waals surface area contributed by atoms with Crippen molar-refractivity contribution in [1.82, 2.24) is 14.2 Å². The van der Waals surface area contributed by atoms with Crippen LogP contribution in [-0.4, -0.2) is 26.9 Å². The summed E-state index contributed by atoms with van der Waals surface area (Å²) in [6.07, 6.45) is 3.23. The number of carbonyl (C=O) groups is 1. The van der Waals surface area contributed by atoms with Crippen molar-refractivity contribution in [1.29, 1.82) is 0 Å². The summed E-state index contributed by atoms with van der Waals surface area (Å²) < 4.78 is 13.6. The number of fused-ring (bicyclic) bond motifs is 2. The fourth-order valence-corrected chi connectivity index (χ4v) is 3.65. The molecule has 2 aromatic heterocycles. The van der Waals surface area contributed by atoms with Gasteiger partial charge in [-0.15, -0.1) is 0 Å². The Morgan fingerprint density at radius 2 is 1.90 bits per heavy atom. The lowest BCUT2D eigenvalue weighted by molar-refractivity contribution is -0.116. The molecule has 0 atom stereocenters. The summed E-state index contributed by atoms with van der Waals surface area (Å²) in [5.74, 6) is 1.06. The van der Waals surface area contributed by atoms with E-state index in [1.807, 2.05) is 50.2 Å². The molecule has 0 saturated carbocycles. The van der Waals surface area contributed by atoms with Gasteiger partial charge < -0.3 is 19.4 Å². The largest absolute Gasteiger partial charge is 0.454 e. The van der Waals surface area contributed by atoms with Crippen LogP contribution in [0.2, 0.25) is 0 Å². The molecule has 0 spiro atoms. The predicted molar refractivity (Wildman–Crippen MR) is 116 cm³/mol. The first-order valence-corrected chi connectivity index (χ1v) is 9.84. The molecule has 0 aliphatic carbocycles. The average Bonchev–Trinajstić information content (AvgIpc) is 3.39. The van der Waals surface area contributed by atoms with E-state index in [2.05, 4.69) is 10.4 Å². The van der Waals surface area contributed by atoms with Crippen LogP contribution in [0, 0.1) is 13.8 Å². The third-order valence-electron chi connectivity index (χ3n) is 5.24. The Kier molecular flexibility index (Phi) is 4.47. The SMILES string of the molecule is Cc1ccc(NC(=O)Cn2ccn3nc(-c4ccc5c(c4)OCO5)cc3c2=O)c(C)c1. The number of hydrogen-bond donors (Lipinski definition) is 1. The van der Waals surface area contributed by atoms with Crippen molar-refractivity contribution in [2.45, 2.75) is 20.4 Å². The van der Waals surface area contributed by atoms with Crippen LogP contribution < -0.4 is 20.3 Å². The second kappa shape index (κ2) is 7.32. The first-order valence-electron chi connectivity index (χ1n) is 9.84. The summed E-state index contributed by atoms with van der Waals surface area (Å²) in [6.45, 7) is 4.04. The highest BCUT2D eigenvalue weighted by Gasteiger charge is 2.16. The third-order valence-corrected chi connectivity index (χ3v) is 5.24. The van der Waals surface area contributed by atoms with Gasteiger partial charge in [-0.05, 0) is 49.7 Å². The highest BCUT2D eigenvalue weighted by molar-refractivity contribution is 5.91. The Balaban J connectivity index is 1.41. The van der Waals surface area contributed by atoms with Gasteiger partial charge in [0.05, 0.1) is 5.69 Å². The average molecular weight is 416 g/mol. The number of nitrogens with zero attached hydrogens (tertiary/aromatic N) is 3. The van der Waals surface area contributed by atoms with Crippen LogP contribution in [-0.2, 0) is 11.3 Å².